The Labute approximate surface area is 132 Å². The van der Waals surface area contributed by atoms with Crippen molar-refractivity contribution in [2.24, 2.45) is 0 Å². The Morgan fingerprint density at radius 3 is 2.93 bits per heavy atom. The van der Waals surface area contributed by atoms with Crippen LogP contribution < -0.4 is 58.2 Å². The van der Waals surface area contributed by atoms with Crippen LogP contribution in [0, 0.1) is 6.92 Å². The minimum atomic E-state index is -3.23. The second-order valence-corrected chi connectivity index (χ2v) is 4.86. The van der Waals surface area contributed by atoms with Gasteiger partial charge in [0.25, 0.3) is 0 Å². The SMILES string of the molecule is Cc1cnc2c(c1)[N-]S(=O)(=O)CC2.[Rb+]. The molecule has 0 fully saturated rings. The van der Waals surface area contributed by atoms with Gasteiger partial charge in [-0.2, -0.15) is 0 Å². The third-order valence-corrected chi connectivity index (χ3v) is 3.11. The van der Waals surface area contributed by atoms with Crippen LogP contribution in [0.4, 0.5) is 5.69 Å². The molecule has 0 radical (unpaired) electrons. The Balaban J connectivity index is 0.000000980. The maximum Gasteiger partial charge on any atom is 1.00 e. The quantitative estimate of drug-likeness (QED) is 0.569. The van der Waals surface area contributed by atoms with Crippen LogP contribution in [0.5, 0.6) is 0 Å². The number of aromatic nitrogens is 1. The van der Waals surface area contributed by atoms with Crippen molar-refractivity contribution >= 4 is 15.7 Å². The van der Waals surface area contributed by atoms with Gasteiger partial charge in [-0.15, -0.1) is 5.69 Å². The van der Waals surface area contributed by atoms with E-state index < -0.39 is 10.0 Å². The minimum Gasteiger partial charge on any atom is -0.575 e. The van der Waals surface area contributed by atoms with Crippen LogP contribution in [0.2, 0.25) is 0 Å². The van der Waals surface area contributed by atoms with Gasteiger partial charge in [0.15, 0.2) is 0 Å². The second-order valence-electron chi connectivity index (χ2n) is 3.11. The molecule has 0 aromatic carbocycles. The number of aryl methyl sites for hydroxylation is 2. The molecule has 2 rings (SSSR count). The first-order valence-electron chi connectivity index (χ1n) is 3.98. The molecule has 14 heavy (non-hydrogen) atoms. The van der Waals surface area contributed by atoms with E-state index in [1.165, 1.54) is 0 Å². The molecule has 0 atom stereocenters. The van der Waals surface area contributed by atoms with Crippen molar-refractivity contribution in [2.45, 2.75) is 13.3 Å². The van der Waals surface area contributed by atoms with E-state index in [1.54, 1.807) is 12.3 Å². The van der Waals surface area contributed by atoms with E-state index in [4.69, 9.17) is 0 Å². The van der Waals surface area contributed by atoms with E-state index in [1.807, 2.05) is 6.92 Å². The summed E-state index contributed by atoms with van der Waals surface area (Å²) in [6.07, 6.45) is 2.20. The number of rotatable bonds is 0. The van der Waals surface area contributed by atoms with Crippen LogP contribution in [-0.4, -0.2) is 19.2 Å². The number of hydrogen-bond acceptors (Lipinski definition) is 3. The van der Waals surface area contributed by atoms with Gasteiger partial charge in [0.2, 0.25) is 0 Å². The number of fused-ring (bicyclic) bond motifs is 1. The van der Waals surface area contributed by atoms with Crippen LogP contribution in [0.25, 0.3) is 4.72 Å². The van der Waals surface area contributed by atoms with E-state index in [-0.39, 0.29) is 63.9 Å². The Hall–Kier alpha value is 0.705. The zero-order valence-corrected chi connectivity index (χ0v) is 13.9. The maximum absolute atomic E-state index is 11.1. The molecule has 70 valence electrons. The van der Waals surface area contributed by atoms with Crippen LogP contribution in [-0.2, 0) is 16.4 Å². The summed E-state index contributed by atoms with van der Waals surface area (Å²) in [7, 11) is -3.23. The Kier molecular flexibility index (Phi) is 4.28. The second kappa shape index (κ2) is 4.70. The van der Waals surface area contributed by atoms with E-state index >= 15 is 0 Å². The topological polar surface area (TPSA) is 61.1 Å². The molecular formula is C8H9N2O2RbS. The average molecular weight is 283 g/mol. The Morgan fingerprint density at radius 2 is 2.21 bits per heavy atom. The van der Waals surface area contributed by atoms with Gasteiger partial charge in [0.05, 0.1) is 10.0 Å². The molecule has 1 aliphatic heterocycles. The fourth-order valence-corrected chi connectivity index (χ4v) is 2.28. The number of hydrogen-bond donors (Lipinski definition) is 0. The number of sulfonamides is 1. The van der Waals surface area contributed by atoms with Crippen LogP contribution in [0.3, 0.4) is 0 Å². The largest absolute Gasteiger partial charge is 1.00 e. The first-order valence-corrected chi connectivity index (χ1v) is 5.59. The van der Waals surface area contributed by atoms with Gasteiger partial charge in [-0.05, 0) is 12.5 Å². The average Bonchev–Trinajstić information content (AvgIpc) is 2.01. The first-order chi connectivity index (χ1) is 6.07. The predicted molar refractivity (Wildman–Crippen MR) is 49.5 cm³/mol. The molecule has 1 aromatic rings. The molecule has 0 unspecified atom stereocenters. The summed E-state index contributed by atoms with van der Waals surface area (Å²) in [5.41, 5.74) is 2.21. The molecule has 4 nitrogen and oxygen atoms in total. The van der Waals surface area contributed by atoms with Crippen molar-refractivity contribution in [1.29, 1.82) is 0 Å². The van der Waals surface area contributed by atoms with Crippen molar-refractivity contribution < 1.29 is 66.6 Å². The monoisotopic (exact) mass is 282 g/mol. The van der Waals surface area contributed by atoms with Gasteiger partial charge in [-0.3, -0.25) is 4.98 Å². The third-order valence-electron chi connectivity index (χ3n) is 1.92. The molecule has 6 heteroatoms. The standard InChI is InChI=1S/C8H9N2O2S.Rb/c1-6-4-8-7(9-5-6)2-3-13(11,12)10-8;/h4-5H,2-3H2,1H3;/q-1;+1. The molecule has 0 aliphatic carbocycles. The normalized spacial score (nSPS) is 17.5. The molecule has 2 heterocycles. The minimum absolute atomic E-state index is 0. The molecule has 0 saturated carbocycles. The predicted octanol–water partition coefficient (Wildman–Crippen LogP) is -1.71. The molecular weight excluding hydrogens is 274 g/mol. The van der Waals surface area contributed by atoms with E-state index in [9.17, 15) is 8.42 Å². The molecule has 0 spiro atoms. The third kappa shape index (κ3) is 2.85. The van der Waals surface area contributed by atoms with Crippen molar-refractivity contribution in [2.75, 3.05) is 5.75 Å². The summed E-state index contributed by atoms with van der Waals surface area (Å²) in [4.78, 5) is 4.13. The van der Waals surface area contributed by atoms with E-state index in [2.05, 4.69) is 9.71 Å². The summed E-state index contributed by atoms with van der Waals surface area (Å²) in [5, 5.41) is 0. The van der Waals surface area contributed by atoms with Gasteiger partial charge in [0, 0.05) is 24.1 Å². The molecule has 1 aliphatic rings. The van der Waals surface area contributed by atoms with Crippen molar-refractivity contribution in [1.82, 2.24) is 4.98 Å². The van der Waals surface area contributed by atoms with Crippen LogP contribution in [0.15, 0.2) is 12.3 Å². The summed E-state index contributed by atoms with van der Waals surface area (Å²) < 4.78 is 25.9. The maximum atomic E-state index is 11.1. The zero-order chi connectivity index (χ0) is 9.47. The fourth-order valence-electron chi connectivity index (χ4n) is 1.27. The van der Waals surface area contributed by atoms with Crippen molar-refractivity contribution in [3.63, 3.8) is 0 Å². The van der Waals surface area contributed by atoms with Gasteiger partial charge in [-0.1, -0.05) is 6.07 Å². The zero-order valence-electron chi connectivity index (χ0n) is 8.19. The van der Waals surface area contributed by atoms with Gasteiger partial charge in [0.1, 0.15) is 0 Å². The smallest absolute Gasteiger partial charge is 0.575 e. The molecule has 0 bridgehead atoms. The van der Waals surface area contributed by atoms with Crippen molar-refractivity contribution in [3.8, 4) is 0 Å². The Bertz CT molecular complexity index is 445. The van der Waals surface area contributed by atoms with E-state index in [0.717, 1.165) is 11.3 Å². The van der Waals surface area contributed by atoms with Crippen LogP contribution >= 0.6 is 0 Å². The molecule has 0 saturated heterocycles. The van der Waals surface area contributed by atoms with Gasteiger partial charge < -0.3 is 4.72 Å². The van der Waals surface area contributed by atoms with Crippen molar-refractivity contribution in [3.05, 3.63) is 28.2 Å². The number of pyridine rings is 1. The van der Waals surface area contributed by atoms with E-state index in [0.29, 0.717) is 12.1 Å². The van der Waals surface area contributed by atoms with Crippen LogP contribution in [0.1, 0.15) is 11.3 Å². The summed E-state index contributed by atoms with van der Waals surface area (Å²) in [6, 6.07) is 1.75. The summed E-state index contributed by atoms with van der Waals surface area (Å²) in [6.45, 7) is 1.87. The Morgan fingerprint density at radius 1 is 1.50 bits per heavy atom. The number of nitrogens with zero attached hydrogens (tertiary/aromatic N) is 2. The fraction of sp³-hybridized carbons (Fsp3) is 0.375. The molecule has 1 aromatic heterocycles. The summed E-state index contributed by atoms with van der Waals surface area (Å²) >= 11 is 0. The van der Waals surface area contributed by atoms with Gasteiger partial charge >= 0.3 is 58.2 Å². The van der Waals surface area contributed by atoms with Gasteiger partial charge in [-0.25, -0.2) is 8.42 Å². The molecule has 0 amide bonds. The first kappa shape index (κ1) is 12.8. The summed E-state index contributed by atoms with van der Waals surface area (Å²) in [5.74, 6) is 0.0794. The molecule has 0 N–H and O–H groups in total.